The number of nitrogens with zero attached hydrogens (tertiary/aromatic N) is 1. The van der Waals surface area contributed by atoms with E-state index in [4.69, 9.17) is 16.3 Å². The highest BCUT2D eigenvalue weighted by Crippen LogP contribution is 2.28. The van der Waals surface area contributed by atoms with Crippen molar-refractivity contribution in [2.75, 3.05) is 23.7 Å². The van der Waals surface area contributed by atoms with Crippen LogP contribution < -0.4 is 14.4 Å². The first kappa shape index (κ1) is 24.0. The molecule has 0 saturated heterocycles. The van der Waals surface area contributed by atoms with E-state index in [-0.39, 0.29) is 24.9 Å². The molecule has 0 radical (unpaired) electrons. The third-order valence-electron chi connectivity index (χ3n) is 4.60. The summed E-state index contributed by atoms with van der Waals surface area (Å²) in [5, 5.41) is 3.38. The fourth-order valence-electron chi connectivity index (χ4n) is 2.96. The highest BCUT2D eigenvalue weighted by Gasteiger charge is 2.20. The molecule has 6 nitrogen and oxygen atoms in total. The Hall–Kier alpha value is -2.25. The third kappa shape index (κ3) is 7.22. The topological polar surface area (TPSA) is 75.7 Å². The molecule has 0 heterocycles. The number of anilines is 1. The summed E-state index contributed by atoms with van der Waals surface area (Å²) in [4.78, 5) is 12.2. The smallest absolute Gasteiger partial charge is 0.232 e. The van der Waals surface area contributed by atoms with Gasteiger partial charge in [0.25, 0.3) is 0 Å². The molecule has 2 aromatic carbocycles. The van der Waals surface area contributed by atoms with Gasteiger partial charge in [0.15, 0.2) is 0 Å². The first-order chi connectivity index (χ1) is 14.1. The highest BCUT2D eigenvalue weighted by molar-refractivity contribution is 7.92. The molecule has 0 aromatic heterocycles. The summed E-state index contributed by atoms with van der Waals surface area (Å²) in [7, 11) is -3.50. The van der Waals surface area contributed by atoms with Gasteiger partial charge in [-0.2, -0.15) is 0 Å². The molecule has 0 bridgehead atoms. The molecular weight excluding hydrogens is 424 g/mol. The van der Waals surface area contributed by atoms with Crippen molar-refractivity contribution in [3.05, 3.63) is 58.6 Å². The minimum absolute atomic E-state index is 0.147. The maximum absolute atomic E-state index is 12.3. The van der Waals surface area contributed by atoms with Gasteiger partial charge in [0.2, 0.25) is 15.9 Å². The van der Waals surface area contributed by atoms with Crippen LogP contribution in [0, 0.1) is 13.8 Å². The number of halogens is 1. The summed E-state index contributed by atoms with van der Waals surface area (Å²) in [6.07, 6.45) is 1.74. The van der Waals surface area contributed by atoms with Gasteiger partial charge in [-0.3, -0.25) is 9.10 Å². The van der Waals surface area contributed by atoms with Crippen molar-refractivity contribution < 1.29 is 17.9 Å². The number of amides is 1. The molecule has 0 fully saturated rings. The van der Waals surface area contributed by atoms with Crippen LogP contribution >= 0.6 is 11.6 Å². The molecule has 8 heteroatoms. The average Bonchev–Trinajstić information content (AvgIpc) is 2.66. The van der Waals surface area contributed by atoms with Crippen LogP contribution in [0.1, 0.15) is 30.9 Å². The van der Waals surface area contributed by atoms with Crippen LogP contribution in [0.15, 0.2) is 42.5 Å². The number of carbonyl (C=O) groups is 1. The van der Waals surface area contributed by atoms with Gasteiger partial charge in [0.05, 0.1) is 18.0 Å². The van der Waals surface area contributed by atoms with E-state index >= 15 is 0 Å². The number of aryl methyl sites for hydroxylation is 1. The van der Waals surface area contributed by atoms with Crippen molar-refractivity contribution >= 4 is 33.2 Å². The Bertz CT molecular complexity index is 962. The van der Waals surface area contributed by atoms with E-state index in [2.05, 4.69) is 5.32 Å². The molecule has 0 aliphatic heterocycles. The first-order valence-corrected chi connectivity index (χ1v) is 12.0. The molecular formula is C22H29ClN2O4S. The van der Waals surface area contributed by atoms with Gasteiger partial charge in [-0.1, -0.05) is 35.4 Å². The molecule has 164 valence electrons. The zero-order valence-electron chi connectivity index (χ0n) is 17.8. The number of ether oxygens (including phenoxy) is 1. The fourth-order valence-corrected chi connectivity index (χ4v) is 4.14. The van der Waals surface area contributed by atoms with Crippen molar-refractivity contribution in [1.29, 1.82) is 0 Å². The van der Waals surface area contributed by atoms with Gasteiger partial charge in [-0.25, -0.2) is 8.42 Å². The number of sulfonamides is 1. The van der Waals surface area contributed by atoms with Crippen LogP contribution in [0.25, 0.3) is 0 Å². The maximum atomic E-state index is 12.3. The molecule has 1 atom stereocenters. The van der Waals surface area contributed by atoms with Gasteiger partial charge in [0, 0.05) is 18.0 Å². The maximum Gasteiger partial charge on any atom is 0.232 e. The second-order valence-electron chi connectivity index (χ2n) is 7.42. The lowest BCUT2D eigenvalue weighted by Gasteiger charge is -2.24. The van der Waals surface area contributed by atoms with Gasteiger partial charge in [-0.15, -0.1) is 0 Å². The normalized spacial score (nSPS) is 12.3. The molecule has 30 heavy (non-hydrogen) atoms. The van der Waals surface area contributed by atoms with Gasteiger partial charge in [-0.05, 0) is 57.0 Å². The summed E-state index contributed by atoms with van der Waals surface area (Å²) in [6.45, 7) is 6.20. The van der Waals surface area contributed by atoms with Crippen LogP contribution in [-0.2, 0) is 14.8 Å². The average molecular weight is 453 g/mol. The SMILES string of the molecule is Cc1ccc(OC[C@H](C)NC(=O)CCCN(c2cccc(Cl)c2C)S(C)(=O)=O)cc1. The molecule has 1 N–H and O–H groups in total. The van der Waals surface area contributed by atoms with Crippen molar-refractivity contribution in [3.8, 4) is 5.75 Å². The number of carbonyl (C=O) groups excluding carboxylic acids is 1. The lowest BCUT2D eigenvalue weighted by molar-refractivity contribution is -0.121. The molecule has 0 aliphatic carbocycles. The standard InChI is InChI=1S/C22H29ClN2O4S/c1-16-10-12-19(13-11-16)29-15-17(2)24-22(26)9-6-14-25(30(4,27)28)21-8-5-7-20(23)18(21)3/h5,7-8,10-13,17H,6,9,14-15H2,1-4H3,(H,24,26)/t17-/m0/s1. The highest BCUT2D eigenvalue weighted by atomic mass is 35.5. The van der Waals surface area contributed by atoms with Crippen LogP contribution in [-0.4, -0.2) is 39.8 Å². The van der Waals surface area contributed by atoms with E-state index in [1.54, 1.807) is 25.1 Å². The Morgan fingerprint density at radius 2 is 1.83 bits per heavy atom. The third-order valence-corrected chi connectivity index (χ3v) is 6.19. The summed E-state index contributed by atoms with van der Waals surface area (Å²) in [5.74, 6) is 0.605. The van der Waals surface area contributed by atoms with Gasteiger partial charge in [0.1, 0.15) is 12.4 Å². The zero-order valence-corrected chi connectivity index (χ0v) is 19.4. The van der Waals surface area contributed by atoms with Crippen LogP contribution in [0.3, 0.4) is 0 Å². The van der Waals surface area contributed by atoms with Crippen molar-refractivity contribution in [2.24, 2.45) is 0 Å². The molecule has 0 spiro atoms. The Morgan fingerprint density at radius 1 is 1.17 bits per heavy atom. The minimum Gasteiger partial charge on any atom is -0.491 e. The Morgan fingerprint density at radius 3 is 2.47 bits per heavy atom. The molecule has 0 saturated carbocycles. The van der Waals surface area contributed by atoms with Gasteiger partial charge < -0.3 is 10.1 Å². The van der Waals surface area contributed by atoms with E-state index in [0.29, 0.717) is 29.3 Å². The Labute approximate surface area is 184 Å². The number of nitrogens with one attached hydrogen (secondary N) is 1. The summed E-state index contributed by atoms with van der Waals surface area (Å²) in [5.41, 5.74) is 2.38. The molecule has 0 aliphatic rings. The summed E-state index contributed by atoms with van der Waals surface area (Å²) in [6, 6.07) is 12.7. The Balaban J connectivity index is 1.85. The largest absolute Gasteiger partial charge is 0.491 e. The predicted molar refractivity (Wildman–Crippen MR) is 122 cm³/mol. The van der Waals surface area contributed by atoms with E-state index in [9.17, 15) is 13.2 Å². The Kier molecular flexibility index (Phi) is 8.55. The zero-order chi connectivity index (χ0) is 22.3. The van der Waals surface area contributed by atoms with E-state index in [0.717, 1.165) is 17.6 Å². The second-order valence-corrected chi connectivity index (χ2v) is 9.73. The summed E-state index contributed by atoms with van der Waals surface area (Å²) >= 11 is 6.13. The molecule has 1 amide bonds. The van der Waals surface area contributed by atoms with Crippen LogP contribution in [0.5, 0.6) is 5.75 Å². The van der Waals surface area contributed by atoms with E-state index in [1.807, 2.05) is 38.1 Å². The van der Waals surface area contributed by atoms with Crippen molar-refractivity contribution in [2.45, 2.75) is 39.7 Å². The van der Waals surface area contributed by atoms with Crippen molar-refractivity contribution in [1.82, 2.24) is 5.32 Å². The van der Waals surface area contributed by atoms with E-state index in [1.165, 1.54) is 4.31 Å². The van der Waals surface area contributed by atoms with E-state index < -0.39 is 10.0 Å². The van der Waals surface area contributed by atoms with Crippen LogP contribution in [0.2, 0.25) is 5.02 Å². The quantitative estimate of drug-likeness (QED) is 0.589. The molecule has 2 rings (SSSR count). The monoisotopic (exact) mass is 452 g/mol. The molecule has 0 unspecified atom stereocenters. The summed E-state index contributed by atoms with van der Waals surface area (Å²) < 4.78 is 31.5. The fraction of sp³-hybridized carbons (Fsp3) is 0.409. The van der Waals surface area contributed by atoms with Gasteiger partial charge >= 0.3 is 0 Å². The first-order valence-electron chi connectivity index (χ1n) is 9.79. The van der Waals surface area contributed by atoms with Crippen molar-refractivity contribution in [3.63, 3.8) is 0 Å². The minimum atomic E-state index is -3.50. The second kappa shape index (κ2) is 10.7. The van der Waals surface area contributed by atoms with Crippen LogP contribution in [0.4, 0.5) is 5.69 Å². The lowest BCUT2D eigenvalue weighted by atomic mass is 10.2. The molecule has 2 aromatic rings. The lowest BCUT2D eigenvalue weighted by Crippen LogP contribution is -2.37. The predicted octanol–water partition coefficient (Wildman–Crippen LogP) is 4.09. The number of rotatable bonds is 10. The number of hydrogen-bond acceptors (Lipinski definition) is 4. The number of hydrogen-bond donors (Lipinski definition) is 1. The number of benzene rings is 2.